The number of anilines is 1. The number of carbonyl (C=O) groups is 1. The molecule has 23 heavy (non-hydrogen) atoms. The predicted octanol–water partition coefficient (Wildman–Crippen LogP) is 3.57. The molecular formula is C16H18F3N3O. The number of benzene rings is 1. The lowest BCUT2D eigenvalue weighted by Crippen LogP contribution is -2.34. The van der Waals surface area contributed by atoms with Gasteiger partial charge in [-0.25, -0.2) is 0 Å². The third-order valence-corrected chi connectivity index (χ3v) is 3.36. The average Bonchev–Trinajstić information content (AvgIpc) is 2.86. The first kappa shape index (κ1) is 17.1. The Balaban J connectivity index is 2.19. The summed E-state index contributed by atoms with van der Waals surface area (Å²) in [5, 5.41) is 3.41. The van der Waals surface area contributed by atoms with Gasteiger partial charge in [-0.2, -0.15) is 18.3 Å². The molecule has 4 nitrogen and oxygen atoms in total. The summed E-state index contributed by atoms with van der Waals surface area (Å²) >= 11 is 0. The largest absolute Gasteiger partial charge is 0.435 e. The quantitative estimate of drug-likeness (QED) is 0.862. The summed E-state index contributed by atoms with van der Waals surface area (Å²) in [5.41, 5.74) is 1.77. The average molecular weight is 325 g/mol. The molecule has 0 aliphatic rings. The number of amides is 1. The van der Waals surface area contributed by atoms with Crippen molar-refractivity contribution in [3.05, 3.63) is 47.3 Å². The zero-order valence-electron chi connectivity index (χ0n) is 13.2. The van der Waals surface area contributed by atoms with Crippen LogP contribution >= 0.6 is 0 Å². The summed E-state index contributed by atoms with van der Waals surface area (Å²) in [6.45, 7) is 5.86. The van der Waals surface area contributed by atoms with Gasteiger partial charge in [0.2, 0.25) is 5.91 Å². The van der Waals surface area contributed by atoms with E-state index in [0.29, 0.717) is 6.54 Å². The molecule has 0 N–H and O–H groups in total. The fraction of sp³-hybridized carbons (Fsp3) is 0.375. The van der Waals surface area contributed by atoms with Gasteiger partial charge >= 0.3 is 6.18 Å². The highest BCUT2D eigenvalue weighted by molar-refractivity contribution is 5.93. The van der Waals surface area contributed by atoms with Gasteiger partial charge in [0.1, 0.15) is 6.54 Å². The van der Waals surface area contributed by atoms with Gasteiger partial charge in [0.15, 0.2) is 5.69 Å². The Hall–Kier alpha value is -2.31. The summed E-state index contributed by atoms with van der Waals surface area (Å²) in [7, 11) is 0. The minimum atomic E-state index is -4.51. The van der Waals surface area contributed by atoms with Crippen molar-refractivity contribution in [1.82, 2.24) is 9.78 Å². The molecule has 0 unspecified atom stereocenters. The number of halogens is 3. The van der Waals surface area contributed by atoms with Crippen molar-refractivity contribution in [2.24, 2.45) is 0 Å². The first-order valence-electron chi connectivity index (χ1n) is 7.20. The molecule has 0 fully saturated rings. The standard InChI is InChI=1S/C16H18F3N3O/c1-4-22(13-8-11(2)7-12(3)9-13)15(23)10-21-6-5-14(20-21)16(17,18)19/h5-9H,4,10H2,1-3H3. The van der Waals surface area contributed by atoms with Gasteiger partial charge in [-0.1, -0.05) is 6.07 Å². The lowest BCUT2D eigenvalue weighted by atomic mass is 10.1. The maximum Gasteiger partial charge on any atom is 0.435 e. The number of nitrogens with zero attached hydrogens (tertiary/aromatic N) is 3. The third kappa shape index (κ3) is 4.12. The van der Waals surface area contributed by atoms with E-state index in [-0.39, 0.29) is 12.5 Å². The first-order valence-corrected chi connectivity index (χ1v) is 7.20. The fourth-order valence-electron chi connectivity index (χ4n) is 2.43. The van der Waals surface area contributed by atoms with Crippen LogP contribution in [-0.4, -0.2) is 22.2 Å². The van der Waals surface area contributed by atoms with E-state index < -0.39 is 11.9 Å². The van der Waals surface area contributed by atoms with E-state index in [1.165, 1.54) is 4.90 Å². The zero-order chi connectivity index (χ0) is 17.2. The summed E-state index contributed by atoms with van der Waals surface area (Å²) < 4.78 is 38.6. The van der Waals surface area contributed by atoms with Crippen molar-refractivity contribution in [3.8, 4) is 0 Å². The Morgan fingerprint density at radius 1 is 1.22 bits per heavy atom. The summed E-state index contributed by atoms with van der Waals surface area (Å²) in [6, 6.07) is 6.60. The number of alkyl halides is 3. The van der Waals surface area contributed by atoms with E-state index in [9.17, 15) is 18.0 Å². The molecule has 1 aromatic heterocycles. The van der Waals surface area contributed by atoms with Crippen LogP contribution in [0.4, 0.5) is 18.9 Å². The Morgan fingerprint density at radius 3 is 2.30 bits per heavy atom. The molecule has 0 saturated carbocycles. The lowest BCUT2D eigenvalue weighted by molar-refractivity contribution is -0.141. The van der Waals surface area contributed by atoms with Gasteiger partial charge in [-0.3, -0.25) is 9.48 Å². The molecule has 2 rings (SSSR count). The number of aryl methyl sites for hydroxylation is 2. The first-order chi connectivity index (χ1) is 10.7. The van der Waals surface area contributed by atoms with Gasteiger partial charge < -0.3 is 4.90 Å². The van der Waals surface area contributed by atoms with Crippen LogP contribution in [-0.2, 0) is 17.5 Å². The van der Waals surface area contributed by atoms with Gasteiger partial charge in [0.05, 0.1) is 0 Å². The molecule has 0 saturated heterocycles. The van der Waals surface area contributed by atoms with Crippen molar-refractivity contribution in [3.63, 3.8) is 0 Å². The number of rotatable bonds is 4. The second-order valence-corrected chi connectivity index (χ2v) is 5.38. The monoisotopic (exact) mass is 325 g/mol. The van der Waals surface area contributed by atoms with E-state index in [2.05, 4.69) is 5.10 Å². The van der Waals surface area contributed by atoms with Gasteiger partial charge in [-0.05, 0) is 50.1 Å². The fourth-order valence-corrected chi connectivity index (χ4v) is 2.43. The maximum absolute atomic E-state index is 12.5. The summed E-state index contributed by atoms with van der Waals surface area (Å²) in [4.78, 5) is 13.9. The third-order valence-electron chi connectivity index (χ3n) is 3.36. The van der Waals surface area contributed by atoms with Gasteiger partial charge in [0, 0.05) is 18.4 Å². The molecule has 7 heteroatoms. The minimum Gasteiger partial charge on any atom is -0.311 e. The molecule has 0 aliphatic heterocycles. The molecule has 1 aromatic carbocycles. The van der Waals surface area contributed by atoms with E-state index in [4.69, 9.17) is 0 Å². The van der Waals surface area contributed by atoms with E-state index in [0.717, 1.165) is 33.8 Å². The van der Waals surface area contributed by atoms with Crippen molar-refractivity contribution in [2.75, 3.05) is 11.4 Å². The van der Waals surface area contributed by atoms with Crippen LogP contribution in [0.5, 0.6) is 0 Å². The topological polar surface area (TPSA) is 38.1 Å². The van der Waals surface area contributed by atoms with Crippen LogP contribution in [0.25, 0.3) is 0 Å². The van der Waals surface area contributed by atoms with Crippen LogP contribution in [0.3, 0.4) is 0 Å². The van der Waals surface area contributed by atoms with Gasteiger partial charge in [0.25, 0.3) is 0 Å². The van der Waals surface area contributed by atoms with Crippen molar-refractivity contribution >= 4 is 11.6 Å². The Labute approximate surface area is 132 Å². The summed E-state index contributed by atoms with van der Waals surface area (Å²) in [5.74, 6) is -0.311. The van der Waals surface area contributed by atoms with Crippen LogP contribution in [0, 0.1) is 13.8 Å². The van der Waals surface area contributed by atoms with E-state index in [1.54, 1.807) is 0 Å². The van der Waals surface area contributed by atoms with Crippen LogP contribution in [0.15, 0.2) is 30.5 Å². The second-order valence-electron chi connectivity index (χ2n) is 5.38. The van der Waals surface area contributed by atoms with Crippen molar-refractivity contribution < 1.29 is 18.0 Å². The van der Waals surface area contributed by atoms with Crippen molar-refractivity contribution in [1.29, 1.82) is 0 Å². The minimum absolute atomic E-state index is 0.239. The van der Waals surface area contributed by atoms with Gasteiger partial charge in [-0.15, -0.1) is 0 Å². The molecule has 0 radical (unpaired) electrons. The molecule has 124 valence electrons. The predicted molar refractivity (Wildman–Crippen MR) is 81.2 cm³/mol. The Morgan fingerprint density at radius 2 is 1.83 bits per heavy atom. The lowest BCUT2D eigenvalue weighted by Gasteiger charge is -2.22. The molecule has 2 aromatic rings. The van der Waals surface area contributed by atoms with E-state index >= 15 is 0 Å². The summed E-state index contributed by atoms with van der Waals surface area (Å²) in [6.07, 6.45) is -3.34. The number of aromatic nitrogens is 2. The highest BCUT2D eigenvalue weighted by Gasteiger charge is 2.33. The normalized spacial score (nSPS) is 11.6. The number of carbonyl (C=O) groups excluding carboxylic acids is 1. The number of hydrogen-bond acceptors (Lipinski definition) is 2. The van der Waals surface area contributed by atoms with Crippen LogP contribution in [0.2, 0.25) is 0 Å². The smallest absolute Gasteiger partial charge is 0.311 e. The second kappa shape index (κ2) is 6.44. The highest BCUT2D eigenvalue weighted by Crippen LogP contribution is 2.27. The molecule has 0 aliphatic carbocycles. The molecular weight excluding hydrogens is 307 g/mol. The van der Waals surface area contributed by atoms with E-state index in [1.807, 2.05) is 39.0 Å². The molecule has 1 amide bonds. The molecule has 0 atom stereocenters. The van der Waals surface area contributed by atoms with Crippen LogP contribution in [0.1, 0.15) is 23.7 Å². The van der Waals surface area contributed by atoms with Crippen molar-refractivity contribution in [2.45, 2.75) is 33.5 Å². The molecule has 0 spiro atoms. The molecule has 1 heterocycles. The number of hydrogen-bond donors (Lipinski definition) is 0. The molecule has 0 bridgehead atoms. The highest BCUT2D eigenvalue weighted by atomic mass is 19.4. The number of likely N-dealkylation sites (N-methyl/N-ethyl adjacent to an activating group) is 1. The SMILES string of the molecule is CCN(C(=O)Cn1ccc(C(F)(F)F)n1)c1cc(C)cc(C)c1. The maximum atomic E-state index is 12.5. The Kier molecular flexibility index (Phi) is 4.77. The van der Waals surface area contributed by atoms with Crippen LogP contribution < -0.4 is 4.90 Å². The Bertz CT molecular complexity index is 687. The zero-order valence-corrected chi connectivity index (χ0v) is 13.2.